The Morgan fingerprint density at radius 2 is 0.788 bits per heavy atom. The number of unbranched alkanes of at least 4 members (excludes halogenated alkanes) is 21. The van der Waals surface area contributed by atoms with Crippen LogP contribution in [0.4, 0.5) is 0 Å². The highest BCUT2D eigenvalue weighted by Crippen LogP contribution is 2.13. The lowest BCUT2D eigenvalue weighted by Gasteiger charge is -2.19. The van der Waals surface area contributed by atoms with Crippen molar-refractivity contribution < 1.29 is 4.74 Å². The van der Waals surface area contributed by atoms with Crippen molar-refractivity contribution >= 4 is 0 Å². The highest BCUT2D eigenvalue weighted by Gasteiger charge is 2.06. The molecule has 1 N–H and O–H groups in total. The summed E-state index contributed by atoms with van der Waals surface area (Å²) in [5.41, 5.74) is 0. The van der Waals surface area contributed by atoms with Crippen molar-refractivity contribution in [1.82, 2.24) is 5.32 Å². The van der Waals surface area contributed by atoms with E-state index in [1.165, 1.54) is 154 Å². The third kappa shape index (κ3) is 28.0. The fraction of sp³-hybridized carbons (Fsp3) is 1.00. The molecule has 2 nitrogen and oxygen atoms in total. The van der Waals surface area contributed by atoms with E-state index in [1.54, 1.807) is 0 Å². The highest BCUT2D eigenvalue weighted by molar-refractivity contribution is 4.57. The average Bonchev–Trinajstić information content (AvgIpc) is 2.82. The van der Waals surface area contributed by atoms with Gasteiger partial charge in [0.2, 0.25) is 0 Å². The molecule has 1 atom stereocenters. The molecule has 0 aromatic rings. The normalized spacial score (nSPS) is 12.5. The second-order valence-electron chi connectivity index (χ2n) is 10.5. The van der Waals surface area contributed by atoms with Crippen LogP contribution in [0.3, 0.4) is 0 Å². The fourth-order valence-electron chi connectivity index (χ4n) is 4.73. The second kappa shape index (κ2) is 30.0. The standard InChI is InChI=1S/C31H65NO/c1-4-7-9-11-13-15-17-18-19-21-23-25-27-30-33-31(28-6-3)32-29-26-24-22-20-16-14-12-10-8-5-2/h31-32H,4-30H2,1-3H3. The molecule has 2 heteroatoms. The summed E-state index contributed by atoms with van der Waals surface area (Å²) in [5, 5.41) is 3.67. The topological polar surface area (TPSA) is 21.3 Å². The highest BCUT2D eigenvalue weighted by atomic mass is 16.5. The van der Waals surface area contributed by atoms with Gasteiger partial charge in [-0.1, -0.05) is 162 Å². The predicted molar refractivity (Wildman–Crippen MR) is 150 cm³/mol. The fourth-order valence-corrected chi connectivity index (χ4v) is 4.73. The molecule has 0 saturated heterocycles. The van der Waals surface area contributed by atoms with Crippen molar-refractivity contribution in [2.75, 3.05) is 13.2 Å². The zero-order chi connectivity index (χ0) is 24.1. The summed E-state index contributed by atoms with van der Waals surface area (Å²) in [6.45, 7) is 8.92. The van der Waals surface area contributed by atoms with Crippen LogP contribution in [0.5, 0.6) is 0 Å². The van der Waals surface area contributed by atoms with Gasteiger partial charge in [-0.05, 0) is 25.8 Å². The van der Waals surface area contributed by atoms with Crippen LogP contribution >= 0.6 is 0 Å². The summed E-state index contributed by atoms with van der Waals surface area (Å²) < 4.78 is 6.16. The Morgan fingerprint density at radius 3 is 1.18 bits per heavy atom. The summed E-state index contributed by atoms with van der Waals surface area (Å²) in [6.07, 6.45) is 35.1. The molecule has 0 fully saturated rings. The van der Waals surface area contributed by atoms with Gasteiger partial charge in [-0.3, -0.25) is 5.32 Å². The number of rotatable bonds is 29. The Hall–Kier alpha value is -0.0800. The first-order chi connectivity index (χ1) is 16.3. The summed E-state index contributed by atoms with van der Waals surface area (Å²) in [4.78, 5) is 0. The molecule has 0 amide bonds. The molecule has 0 aromatic heterocycles. The van der Waals surface area contributed by atoms with E-state index >= 15 is 0 Å². The van der Waals surface area contributed by atoms with Gasteiger partial charge in [-0.15, -0.1) is 0 Å². The van der Waals surface area contributed by atoms with Gasteiger partial charge in [0.1, 0.15) is 6.23 Å². The van der Waals surface area contributed by atoms with Gasteiger partial charge in [-0.2, -0.15) is 0 Å². The van der Waals surface area contributed by atoms with Gasteiger partial charge >= 0.3 is 0 Å². The lowest BCUT2D eigenvalue weighted by atomic mass is 10.0. The molecule has 0 heterocycles. The quantitative estimate of drug-likeness (QED) is 0.0872. The number of ether oxygens (including phenoxy) is 1. The molecule has 0 aliphatic carbocycles. The third-order valence-corrected chi connectivity index (χ3v) is 7.02. The molecule has 0 rings (SSSR count). The monoisotopic (exact) mass is 468 g/mol. The first kappa shape index (κ1) is 32.9. The number of nitrogens with one attached hydrogen (secondary N) is 1. The van der Waals surface area contributed by atoms with Crippen LogP contribution in [-0.4, -0.2) is 19.4 Å². The Bertz CT molecular complexity index is 333. The predicted octanol–water partition coefficient (Wildman–Crippen LogP) is 10.7. The first-order valence-electron chi connectivity index (χ1n) is 15.7. The van der Waals surface area contributed by atoms with E-state index in [0.29, 0.717) is 0 Å². The van der Waals surface area contributed by atoms with Gasteiger partial charge < -0.3 is 4.74 Å². The van der Waals surface area contributed by atoms with Crippen molar-refractivity contribution in [3.63, 3.8) is 0 Å². The van der Waals surface area contributed by atoms with Crippen LogP contribution in [0.1, 0.15) is 181 Å². The van der Waals surface area contributed by atoms with Crippen molar-refractivity contribution in [3.8, 4) is 0 Å². The Kier molecular flexibility index (Phi) is 29.9. The molecule has 1 unspecified atom stereocenters. The van der Waals surface area contributed by atoms with Crippen LogP contribution in [0.25, 0.3) is 0 Å². The minimum absolute atomic E-state index is 0.283. The molecule has 0 saturated carbocycles. The van der Waals surface area contributed by atoms with E-state index < -0.39 is 0 Å². The molecular weight excluding hydrogens is 402 g/mol. The Morgan fingerprint density at radius 1 is 0.424 bits per heavy atom. The maximum atomic E-state index is 6.16. The second-order valence-corrected chi connectivity index (χ2v) is 10.5. The smallest absolute Gasteiger partial charge is 0.108 e. The zero-order valence-corrected chi connectivity index (χ0v) is 23.6. The van der Waals surface area contributed by atoms with E-state index in [4.69, 9.17) is 4.74 Å². The van der Waals surface area contributed by atoms with E-state index in [-0.39, 0.29) is 6.23 Å². The molecule has 0 aliphatic rings. The molecule has 0 bridgehead atoms. The molecule has 0 aromatic carbocycles. The van der Waals surface area contributed by atoms with E-state index in [0.717, 1.165) is 19.6 Å². The minimum Gasteiger partial charge on any atom is -0.363 e. The van der Waals surface area contributed by atoms with Crippen molar-refractivity contribution in [2.45, 2.75) is 188 Å². The number of hydrogen-bond acceptors (Lipinski definition) is 2. The molecule has 200 valence electrons. The van der Waals surface area contributed by atoms with Crippen molar-refractivity contribution in [1.29, 1.82) is 0 Å². The van der Waals surface area contributed by atoms with Gasteiger partial charge in [0, 0.05) is 6.61 Å². The lowest BCUT2D eigenvalue weighted by molar-refractivity contribution is 0.0212. The summed E-state index contributed by atoms with van der Waals surface area (Å²) in [7, 11) is 0. The third-order valence-electron chi connectivity index (χ3n) is 7.02. The first-order valence-corrected chi connectivity index (χ1v) is 15.7. The van der Waals surface area contributed by atoms with Crippen LogP contribution in [0.15, 0.2) is 0 Å². The Labute approximate surface area is 210 Å². The number of hydrogen-bond donors (Lipinski definition) is 1. The van der Waals surface area contributed by atoms with Gasteiger partial charge in [0.05, 0.1) is 0 Å². The van der Waals surface area contributed by atoms with Gasteiger partial charge in [0.15, 0.2) is 0 Å². The summed E-state index contributed by atoms with van der Waals surface area (Å²) in [6, 6.07) is 0. The van der Waals surface area contributed by atoms with Crippen LogP contribution < -0.4 is 5.32 Å². The van der Waals surface area contributed by atoms with E-state index in [9.17, 15) is 0 Å². The summed E-state index contributed by atoms with van der Waals surface area (Å²) >= 11 is 0. The van der Waals surface area contributed by atoms with Crippen molar-refractivity contribution in [3.05, 3.63) is 0 Å². The van der Waals surface area contributed by atoms with Crippen LogP contribution in [0.2, 0.25) is 0 Å². The van der Waals surface area contributed by atoms with Gasteiger partial charge in [0.25, 0.3) is 0 Å². The van der Waals surface area contributed by atoms with Crippen molar-refractivity contribution in [2.24, 2.45) is 0 Å². The molecule has 0 spiro atoms. The lowest BCUT2D eigenvalue weighted by Crippen LogP contribution is -2.32. The Balaban J connectivity index is 3.37. The molecule has 0 radical (unpaired) electrons. The maximum absolute atomic E-state index is 6.16. The molecule has 33 heavy (non-hydrogen) atoms. The minimum atomic E-state index is 0.283. The molecule has 0 aliphatic heterocycles. The maximum Gasteiger partial charge on any atom is 0.108 e. The summed E-state index contributed by atoms with van der Waals surface area (Å²) in [5.74, 6) is 0. The SMILES string of the molecule is CCCCCCCCCCCCCCCOC(CCC)NCCCCCCCCCCCC. The average molecular weight is 468 g/mol. The van der Waals surface area contributed by atoms with Crippen LogP contribution in [-0.2, 0) is 4.74 Å². The van der Waals surface area contributed by atoms with E-state index in [1.807, 2.05) is 0 Å². The molecular formula is C31H65NO. The van der Waals surface area contributed by atoms with E-state index in [2.05, 4.69) is 26.1 Å². The van der Waals surface area contributed by atoms with Gasteiger partial charge in [-0.25, -0.2) is 0 Å². The largest absolute Gasteiger partial charge is 0.363 e. The zero-order valence-electron chi connectivity index (χ0n) is 23.6. The van der Waals surface area contributed by atoms with Crippen LogP contribution in [0, 0.1) is 0 Å².